The molecule has 0 aliphatic heterocycles. The summed E-state index contributed by atoms with van der Waals surface area (Å²) in [4.78, 5) is 12.0. The van der Waals surface area contributed by atoms with Gasteiger partial charge in [0.05, 0.1) is 23.3 Å². The van der Waals surface area contributed by atoms with Crippen LogP contribution in [0.3, 0.4) is 0 Å². The van der Waals surface area contributed by atoms with Gasteiger partial charge in [-0.25, -0.2) is 0 Å². The molecule has 0 saturated heterocycles. The molecule has 0 aromatic heterocycles. The molecule has 0 bridgehead atoms. The predicted molar refractivity (Wildman–Crippen MR) is 77.0 cm³/mol. The van der Waals surface area contributed by atoms with E-state index in [4.69, 9.17) is 4.74 Å². The molecule has 1 N–H and O–H groups in total. The van der Waals surface area contributed by atoms with Gasteiger partial charge in [-0.3, -0.25) is 10.1 Å². The van der Waals surface area contributed by atoms with E-state index in [1.165, 1.54) is 19.2 Å². The topological polar surface area (TPSA) is 75.8 Å². The largest absolute Gasteiger partial charge is 0.389 e. The van der Waals surface area contributed by atoms with Gasteiger partial charge in [0, 0.05) is 36.4 Å². The molecule has 100 valence electrons. The predicted octanol–water partition coefficient (Wildman–Crippen LogP) is 1.64. The number of hydrogen-bond donors (Lipinski definition) is 1. The van der Waals surface area contributed by atoms with E-state index < -0.39 is 11.0 Å². The Labute approximate surface area is 119 Å². The molecule has 1 atom stereocenters. The summed E-state index contributed by atoms with van der Waals surface area (Å²) in [5, 5.41) is 20.3. The van der Waals surface area contributed by atoms with E-state index in [0.717, 1.165) is 9.26 Å². The van der Waals surface area contributed by atoms with Crippen molar-refractivity contribution < 1.29 is 14.8 Å². The van der Waals surface area contributed by atoms with Crippen molar-refractivity contribution in [2.75, 3.05) is 32.2 Å². The van der Waals surface area contributed by atoms with Crippen LogP contribution in [0.4, 0.5) is 11.4 Å². The molecule has 18 heavy (non-hydrogen) atoms. The van der Waals surface area contributed by atoms with Crippen molar-refractivity contribution in [1.29, 1.82) is 0 Å². The number of hydrogen-bond acceptors (Lipinski definition) is 5. The van der Waals surface area contributed by atoms with Crippen molar-refractivity contribution in [2.24, 2.45) is 0 Å². The lowest BCUT2D eigenvalue weighted by Gasteiger charge is -2.23. The van der Waals surface area contributed by atoms with Crippen LogP contribution >= 0.6 is 22.6 Å². The van der Waals surface area contributed by atoms with Crippen LogP contribution in [0, 0.1) is 13.7 Å². The van der Waals surface area contributed by atoms with E-state index in [0.29, 0.717) is 6.54 Å². The molecule has 0 fully saturated rings. The number of anilines is 1. The third-order valence-electron chi connectivity index (χ3n) is 2.40. The minimum Gasteiger partial charge on any atom is -0.389 e. The van der Waals surface area contributed by atoms with Crippen molar-refractivity contribution in [3.63, 3.8) is 0 Å². The molecule has 0 saturated carbocycles. The average Bonchev–Trinajstić information content (AvgIpc) is 2.28. The Kier molecular flexibility index (Phi) is 5.76. The Bertz CT molecular complexity index is 428. The van der Waals surface area contributed by atoms with Crippen LogP contribution in [-0.4, -0.2) is 43.4 Å². The third kappa shape index (κ3) is 4.07. The Morgan fingerprint density at radius 1 is 1.61 bits per heavy atom. The van der Waals surface area contributed by atoms with Crippen LogP contribution in [0.15, 0.2) is 18.2 Å². The first-order chi connectivity index (χ1) is 8.45. The van der Waals surface area contributed by atoms with Crippen molar-refractivity contribution >= 4 is 34.0 Å². The minimum absolute atomic E-state index is 0.0639. The number of benzene rings is 1. The quantitative estimate of drug-likeness (QED) is 0.471. The van der Waals surface area contributed by atoms with Crippen molar-refractivity contribution in [3.05, 3.63) is 31.9 Å². The summed E-state index contributed by atoms with van der Waals surface area (Å²) in [5.74, 6) is 0. The molecule has 0 radical (unpaired) electrons. The minimum atomic E-state index is -0.592. The molecule has 1 aromatic rings. The summed E-state index contributed by atoms with van der Waals surface area (Å²) in [5.41, 5.74) is 0.908. The second-order valence-corrected chi connectivity index (χ2v) is 5.04. The fraction of sp³-hybridized carbons (Fsp3) is 0.455. The maximum Gasteiger partial charge on any atom is 0.270 e. The molecule has 0 spiro atoms. The van der Waals surface area contributed by atoms with Crippen molar-refractivity contribution in [1.82, 2.24) is 0 Å². The number of nitrogens with zero attached hydrogens (tertiary/aromatic N) is 2. The Morgan fingerprint density at radius 2 is 2.28 bits per heavy atom. The smallest absolute Gasteiger partial charge is 0.270 e. The number of aliphatic hydroxyl groups is 1. The van der Waals surface area contributed by atoms with Gasteiger partial charge in [-0.15, -0.1) is 0 Å². The molecule has 7 heteroatoms. The number of non-ortho nitro benzene ring substituents is 1. The lowest BCUT2D eigenvalue weighted by atomic mass is 10.2. The van der Waals surface area contributed by atoms with Crippen LogP contribution in [-0.2, 0) is 4.74 Å². The lowest BCUT2D eigenvalue weighted by molar-refractivity contribution is -0.384. The first kappa shape index (κ1) is 15.1. The zero-order valence-corrected chi connectivity index (χ0v) is 12.3. The standard InChI is InChI=1S/C11H15IN2O4/c1-13(6-9(15)7-18-2)11-4-3-8(14(16)17)5-10(11)12/h3-5,9,15H,6-7H2,1-2H3. The number of aliphatic hydroxyl groups excluding tert-OH is 1. The summed E-state index contributed by atoms with van der Waals surface area (Å²) >= 11 is 2.04. The molecular formula is C11H15IN2O4. The summed E-state index contributed by atoms with van der Waals surface area (Å²) in [6, 6.07) is 4.64. The molecule has 6 nitrogen and oxygen atoms in total. The highest BCUT2D eigenvalue weighted by molar-refractivity contribution is 14.1. The SMILES string of the molecule is COCC(O)CN(C)c1ccc([N+](=O)[O-])cc1I. The maximum absolute atomic E-state index is 10.6. The fourth-order valence-corrected chi connectivity index (χ4v) is 2.49. The van der Waals surface area contributed by atoms with Crippen LogP contribution in [0.5, 0.6) is 0 Å². The Balaban J connectivity index is 2.80. The third-order valence-corrected chi connectivity index (χ3v) is 3.26. The van der Waals surface area contributed by atoms with Gasteiger partial charge < -0.3 is 14.7 Å². The molecule has 1 rings (SSSR count). The van der Waals surface area contributed by atoms with Crippen molar-refractivity contribution in [3.8, 4) is 0 Å². The normalized spacial score (nSPS) is 12.2. The van der Waals surface area contributed by atoms with Gasteiger partial charge >= 0.3 is 0 Å². The second-order valence-electron chi connectivity index (χ2n) is 3.88. The van der Waals surface area contributed by atoms with Gasteiger partial charge in [-0.2, -0.15) is 0 Å². The van der Waals surface area contributed by atoms with Gasteiger partial charge in [-0.1, -0.05) is 0 Å². The number of halogens is 1. The van der Waals surface area contributed by atoms with E-state index in [1.807, 2.05) is 34.5 Å². The van der Waals surface area contributed by atoms with Crippen LogP contribution in [0.25, 0.3) is 0 Å². The van der Waals surface area contributed by atoms with E-state index >= 15 is 0 Å². The van der Waals surface area contributed by atoms with E-state index in [-0.39, 0.29) is 12.3 Å². The van der Waals surface area contributed by atoms with Crippen LogP contribution in [0.2, 0.25) is 0 Å². The van der Waals surface area contributed by atoms with Crippen LogP contribution < -0.4 is 4.90 Å². The number of nitro groups is 1. The highest BCUT2D eigenvalue weighted by Crippen LogP contribution is 2.26. The van der Waals surface area contributed by atoms with Gasteiger partial charge in [0.25, 0.3) is 5.69 Å². The van der Waals surface area contributed by atoms with Gasteiger partial charge in [0.2, 0.25) is 0 Å². The molecule has 0 heterocycles. The van der Waals surface area contributed by atoms with Crippen LogP contribution in [0.1, 0.15) is 0 Å². The zero-order valence-electron chi connectivity index (χ0n) is 10.2. The molecular weight excluding hydrogens is 351 g/mol. The highest BCUT2D eigenvalue weighted by Gasteiger charge is 2.14. The summed E-state index contributed by atoms with van der Waals surface area (Å²) < 4.78 is 5.63. The number of rotatable bonds is 6. The lowest BCUT2D eigenvalue weighted by Crippen LogP contribution is -2.32. The van der Waals surface area contributed by atoms with E-state index in [1.54, 1.807) is 6.07 Å². The second kappa shape index (κ2) is 6.86. The number of ether oxygens (including phenoxy) is 1. The van der Waals surface area contributed by atoms with Gasteiger partial charge in [-0.05, 0) is 28.7 Å². The fourth-order valence-electron chi connectivity index (χ4n) is 1.58. The number of likely N-dealkylation sites (N-methyl/N-ethyl adjacent to an activating group) is 1. The van der Waals surface area contributed by atoms with Gasteiger partial charge in [0.15, 0.2) is 0 Å². The Hall–Kier alpha value is -0.930. The molecule has 0 amide bonds. The van der Waals surface area contributed by atoms with E-state index in [9.17, 15) is 15.2 Å². The first-order valence-corrected chi connectivity index (χ1v) is 6.35. The maximum atomic E-state index is 10.6. The summed E-state index contributed by atoms with van der Waals surface area (Å²) in [7, 11) is 3.35. The molecule has 1 aromatic carbocycles. The summed E-state index contributed by atoms with van der Waals surface area (Å²) in [6.07, 6.45) is -0.592. The number of methoxy groups -OCH3 is 1. The first-order valence-electron chi connectivity index (χ1n) is 5.27. The highest BCUT2D eigenvalue weighted by atomic mass is 127. The molecule has 0 aliphatic carbocycles. The average molecular weight is 366 g/mol. The van der Waals surface area contributed by atoms with Gasteiger partial charge in [0.1, 0.15) is 0 Å². The zero-order chi connectivity index (χ0) is 13.7. The monoisotopic (exact) mass is 366 g/mol. The summed E-state index contributed by atoms with van der Waals surface area (Å²) in [6.45, 7) is 0.662. The van der Waals surface area contributed by atoms with Crippen molar-refractivity contribution in [2.45, 2.75) is 6.10 Å². The Morgan fingerprint density at radius 3 is 2.78 bits per heavy atom. The number of nitro benzene ring substituents is 1. The van der Waals surface area contributed by atoms with E-state index in [2.05, 4.69) is 0 Å². The molecule has 0 aliphatic rings. The molecule has 1 unspecified atom stereocenters.